The number of hydrogen-bond acceptors (Lipinski definition) is 5. The standard InChI is InChI=1S/C22H19Cl2N3O4/c1-14-10-20(27-22(29)13-31-18-8-4-16(24)5-9-18)25-11-19(14)26-21(28)12-30-17-6-2-15(23)3-7-17/h2-11H,12-13H2,1H3,(H,26,28)(H,25,27,29). The molecule has 160 valence electrons. The van der Waals surface area contributed by atoms with E-state index in [-0.39, 0.29) is 25.0 Å². The highest BCUT2D eigenvalue weighted by Gasteiger charge is 2.10. The molecule has 0 radical (unpaired) electrons. The second-order valence-electron chi connectivity index (χ2n) is 6.47. The maximum Gasteiger partial charge on any atom is 0.263 e. The fourth-order valence-corrected chi connectivity index (χ4v) is 2.73. The van der Waals surface area contributed by atoms with Crippen LogP contribution in [-0.2, 0) is 9.59 Å². The molecule has 0 saturated heterocycles. The number of anilines is 2. The molecule has 0 atom stereocenters. The Balaban J connectivity index is 1.48. The number of carbonyl (C=O) groups excluding carboxylic acids is 2. The predicted octanol–water partition coefficient (Wildman–Crippen LogP) is 4.73. The smallest absolute Gasteiger partial charge is 0.263 e. The summed E-state index contributed by atoms with van der Waals surface area (Å²) in [6, 6.07) is 15.1. The van der Waals surface area contributed by atoms with Gasteiger partial charge < -0.3 is 20.1 Å². The molecule has 0 aliphatic carbocycles. The quantitative estimate of drug-likeness (QED) is 0.507. The number of nitrogens with zero attached hydrogens (tertiary/aromatic N) is 1. The Morgan fingerprint density at radius 2 is 1.32 bits per heavy atom. The van der Waals surface area contributed by atoms with Crippen LogP contribution in [0, 0.1) is 6.92 Å². The lowest BCUT2D eigenvalue weighted by atomic mass is 10.2. The van der Waals surface area contributed by atoms with Crippen LogP contribution in [0.15, 0.2) is 60.8 Å². The van der Waals surface area contributed by atoms with Gasteiger partial charge in [-0.2, -0.15) is 0 Å². The van der Waals surface area contributed by atoms with Crippen molar-refractivity contribution >= 4 is 46.5 Å². The van der Waals surface area contributed by atoms with Crippen LogP contribution in [0.2, 0.25) is 10.0 Å². The van der Waals surface area contributed by atoms with Crippen molar-refractivity contribution in [3.8, 4) is 11.5 Å². The summed E-state index contributed by atoms with van der Waals surface area (Å²) < 4.78 is 10.8. The van der Waals surface area contributed by atoms with Crippen molar-refractivity contribution in [1.29, 1.82) is 0 Å². The lowest BCUT2D eigenvalue weighted by Gasteiger charge is -2.11. The number of ether oxygens (including phenoxy) is 2. The molecule has 2 amide bonds. The van der Waals surface area contributed by atoms with Gasteiger partial charge in [-0.3, -0.25) is 9.59 Å². The van der Waals surface area contributed by atoms with Gasteiger partial charge in [-0.1, -0.05) is 23.2 Å². The van der Waals surface area contributed by atoms with Gasteiger partial charge in [-0.25, -0.2) is 4.98 Å². The molecule has 0 bridgehead atoms. The first-order chi connectivity index (χ1) is 14.9. The Hall–Kier alpha value is -3.29. The summed E-state index contributed by atoms with van der Waals surface area (Å²) in [6.45, 7) is 1.45. The lowest BCUT2D eigenvalue weighted by Crippen LogP contribution is -2.22. The zero-order valence-corrected chi connectivity index (χ0v) is 18.0. The molecular formula is C22H19Cl2N3O4. The van der Waals surface area contributed by atoms with E-state index in [2.05, 4.69) is 15.6 Å². The van der Waals surface area contributed by atoms with Gasteiger partial charge in [0.1, 0.15) is 17.3 Å². The van der Waals surface area contributed by atoms with Crippen molar-refractivity contribution in [1.82, 2.24) is 4.98 Å². The topological polar surface area (TPSA) is 89.5 Å². The SMILES string of the molecule is Cc1cc(NC(=O)COc2ccc(Cl)cc2)ncc1NC(=O)COc1ccc(Cl)cc1. The molecule has 0 spiro atoms. The Morgan fingerprint density at radius 1 is 0.839 bits per heavy atom. The molecule has 2 aromatic carbocycles. The van der Waals surface area contributed by atoms with Gasteiger partial charge in [-0.15, -0.1) is 0 Å². The summed E-state index contributed by atoms with van der Waals surface area (Å²) in [5.41, 5.74) is 1.24. The molecule has 1 aromatic heterocycles. The summed E-state index contributed by atoms with van der Waals surface area (Å²) in [6.07, 6.45) is 1.46. The monoisotopic (exact) mass is 459 g/mol. The summed E-state index contributed by atoms with van der Waals surface area (Å²) in [5.74, 6) is 0.705. The highest BCUT2D eigenvalue weighted by Crippen LogP contribution is 2.19. The van der Waals surface area contributed by atoms with Crippen molar-refractivity contribution < 1.29 is 19.1 Å². The van der Waals surface area contributed by atoms with E-state index in [1.54, 1.807) is 61.5 Å². The van der Waals surface area contributed by atoms with E-state index < -0.39 is 0 Å². The molecule has 0 fully saturated rings. The van der Waals surface area contributed by atoms with E-state index >= 15 is 0 Å². The first-order valence-electron chi connectivity index (χ1n) is 9.22. The first-order valence-corrected chi connectivity index (χ1v) is 9.98. The summed E-state index contributed by atoms with van der Waals surface area (Å²) >= 11 is 11.6. The number of aromatic nitrogens is 1. The minimum atomic E-state index is -0.366. The second kappa shape index (κ2) is 10.7. The van der Waals surface area contributed by atoms with E-state index in [1.165, 1.54) is 6.20 Å². The maximum atomic E-state index is 12.1. The Bertz CT molecular complexity index is 1060. The summed E-state index contributed by atoms with van der Waals surface area (Å²) in [7, 11) is 0. The molecule has 0 aliphatic heterocycles. The number of rotatable bonds is 8. The van der Waals surface area contributed by atoms with Crippen LogP contribution in [0.3, 0.4) is 0 Å². The molecule has 0 unspecified atom stereocenters. The molecule has 1 heterocycles. The van der Waals surface area contributed by atoms with Crippen molar-refractivity contribution in [2.45, 2.75) is 6.92 Å². The highest BCUT2D eigenvalue weighted by molar-refractivity contribution is 6.30. The van der Waals surface area contributed by atoms with Crippen LogP contribution >= 0.6 is 23.2 Å². The van der Waals surface area contributed by atoms with Crippen molar-refractivity contribution in [2.24, 2.45) is 0 Å². The molecule has 31 heavy (non-hydrogen) atoms. The van der Waals surface area contributed by atoms with Gasteiger partial charge in [0.2, 0.25) is 0 Å². The Labute approximate surface area is 189 Å². The third kappa shape index (κ3) is 7.16. The molecular weight excluding hydrogens is 441 g/mol. The summed E-state index contributed by atoms with van der Waals surface area (Å²) in [5, 5.41) is 6.54. The number of halogens is 2. The van der Waals surface area contributed by atoms with E-state index in [0.29, 0.717) is 33.0 Å². The van der Waals surface area contributed by atoms with E-state index in [4.69, 9.17) is 32.7 Å². The van der Waals surface area contributed by atoms with Gasteiger partial charge in [-0.05, 0) is 67.1 Å². The first kappa shape index (κ1) is 22.4. The number of carbonyl (C=O) groups is 2. The molecule has 0 aliphatic rings. The predicted molar refractivity (Wildman–Crippen MR) is 120 cm³/mol. The lowest BCUT2D eigenvalue weighted by molar-refractivity contribution is -0.118. The van der Waals surface area contributed by atoms with E-state index in [0.717, 1.165) is 5.56 Å². The maximum absolute atomic E-state index is 12.1. The minimum absolute atomic E-state index is 0.165. The number of aryl methyl sites for hydroxylation is 1. The zero-order valence-electron chi connectivity index (χ0n) is 16.5. The second-order valence-corrected chi connectivity index (χ2v) is 7.34. The summed E-state index contributed by atoms with van der Waals surface area (Å²) in [4.78, 5) is 28.3. The van der Waals surface area contributed by atoms with Crippen LogP contribution in [0.25, 0.3) is 0 Å². The number of hydrogen-bond donors (Lipinski definition) is 2. The average Bonchev–Trinajstić information content (AvgIpc) is 2.75. The number of benzene rings is 2. The Kier molecular flexibility index (Phi) is 7.70. The van der Waals surface area contributed by atoms with Gasteiger partial charge in [0, 0.05) is 10.0 Å². The van der Waals surface area contributed by atoms with Crippen molar-refractivity contribution in [3.63, 3.8) is 0 Å². The zero-order chi connectivity index (χ0) is 22.2. The van der Waals surface area contributed by atoms with E-state index in [9.17, 15) is 9.59 Å². The normalized spacial score (nSPS) is 10.3. The van der Waals surface area contributed by atoms with Gasteiger partial charge in [0.15, 0.2) is 13.2 Å². The van der Waals surface area contributed by atoms with Crippen LogP contribution in [0.5, 0.6) is 11.5 Å². The fraction of sp³-hybridized carbons (Fsp3) is 0.136. The number of amides is 2. The van der Waals surface area contributed by atoms with Crippen LogP contribution in [-0.4, -0.2) is 30.0 Å². The number of nitrogens with one attached hydrogen (secondary N) is 2. The third-order valence-electron chi connectivity index (χ3n) is 4.02. The van der Waals surface area contributed by atoms with Gasteiger partial charge >= 0.3 is 0 Å². The molecule has 3 rings (SSSR count). The minimum Gasteiger partial charge on any atom is -0.484 e. The van der Waals surface area contributed by atoms with E-state index in [1.807, 2.05) is 0 Å². The van der Waals surface area contributed by atoms with Crippen LogP contribution < -0.4 is 20.1 Å². The molecule has 2 N–H and O–H groups in total. The average molecular weight is 460 g/mol. The Morgan fingerprint density at radius 3 is 1.81 bits per heavy atom. The fourth-order valence-electron chi connectivity index (χ4n) is 2.48. The van der Waals surface area contributed by atoms with Crippen molar-refractivity contribution in [2.75, 3.05) is 23.8 Å². The highest BCUT2D eigenvalue weighted by atomic mass is 35.5. The van der Waals surface area contributed by atoms with Gasteiger partial charge in [0.25, 0.3) is 11.8 Å². The molecule has 3 aromatic rings. The van der Waals surface area contributed by atoms with Gasteiger partial charge in [0.05, 0.1) is 11.9 Å². The molecule has 7 nitrogen and oxygen atoms in total. The number of pyridine rings is 1. The molecule has 0 saturated carbocycles. The third-order valence-corrected chi connectivity index (χ3v) is 4.52. The molecule has 9 heteroatoms. The van der Waals surface area contributed by atoms with Crippen LogP contribution in [0.4, 0.5) is 11.5 Å². The van der Waals surface area contributed by atoms with Crippen molar-refractivity contribution in [3.05, 3.63) is 76.4 Å². The largest absolute Gasteiger partial charge is 0.484 e. The van der Waals surface area contributed by atoms with Crippen LogP contribution in [0.1, 0.15) is 5.56 Å².